The van der Waals surface area contributed by atoms with E-state index in [2.05, 4.69) is 10.5 Å². The van der Waals surface area contributed by atoms with Gasteiger partial charge in [0.1, 0.15) is 5.41 Å². The molecule has 4 N–H and O–H groups in total. The van der Waals surface area contributed by atoms with Crippen LogP contribution in [0.1, 0.15) is 40.0 Å². The van der Waals surface area contributed by atoms with Crippen molar-refractivity contribution >= 4 is 17.6 Å². The summed E-state index contributed by atoms with van der Waals surface area (Å²) in [5.41, 5.74) is 4.19. The van der Waals surface area contributed by atoms with Crippen molar-refractivity contribution in [3.8, 4) is 0 Å². The molecule has 0 bridgehead atoms. The number of nitrogens with two attached hydrogens (primary N) is 1. The van der Waals surface area contributed by atoms with Gasteiger partial charge in [-0.3, -0.25) is 9.59 Å². The minimum atomic E-state index is -0.997. The molecule has 0 aromatic heterocycles. The number of amides is 2. The Balaban J connectivity index is 3.01. The number of amidine groups is 1. The predicted octanol–water partition coefficient (Wildman–Crippen LogP) is 0.524. The van der Waals surface area contributed by atoms with E-state index >= 15 is 0 Å². The van der Waals surface area contributed by atoms with Crippen LogP contribution in [0.4, 0.5) is 0 Å². The molecule has 7 heteroatoms. The van der Waals surface area contributed by atoms with E-state index in [-0.39, 0.29) is 17.6 Å². The first-order chi connectivity index (χ1) is 9.81. The van der Waals surface area contributed by atoms with Gasteiger partial charge >= 0.3 is 0 Å². The van der Waals surface area contributed by atoms with E-state index in [9.17, 15) is 9.59 Å². The van der Waals surface area contributed by atoms with Gasteiger partial charge in [0.2, 0.25) is 11.8 Å². The summed E-state index contributed by atoms with van der Waals surface area (Å²) in [6, 6.07) is 0. The van der Waals surface area contributed by atoms with Crippen LogP contribution < -0.4 is 11.1 Å². The first-order valence-corrected chi connectivity index (χ1v) is 7.31. The van der Waals surface area contributed by atoms with Crippen molar-refractivity contribution in [1.82, 2.24) is 10.2 Å². The number of rotatable bonds is 5. The Bertz CT molecular complexity index is 446. The maximum atomic E-state index is 12.9. The zero-order chi connectivity index (χ0) is 16.3. The standard InChI is InChI=1S/C14H26N4O3/c1-5-14(6-2,10(15)17-21)12(20)18-8-7-13(3,9-18)11(19)16-4/h21H,5-9H2,1-4H3,(H2,15,17)(H,16,19). The highest BCUT2D eigenvalue weighted by Crippen LogP contribution is 2.36. The fourth-order valence-electron chi connectivity index (χ4n) is 3.04. The molecule has 120 valence electrons. The van der Waals surface area contributed by atoms with Gasteiger partial charge in [0, 0.05) is 20.1 Å². The van der Waals surface area contributed by atoms with Gasteiger partial charge in [0.15, 0.2) is 5.84 Å². The van der Waals surface area contributed by atoms with Crippen LogP contribution in [0.15, 0.2) is 5.16 Å². The molecule has 0 aliphatic carbocycles. The van der Waals surface area contributed by atoms with Gasteiger partial charge in [-0.2, -0.15) is 0 Å². The third-order valence-electron chi connectivity index (χ3n) is 4.75. The summed E-state index contributed by atoms with van der Waals surface area (Å²) in [5.74, 6) is -0.304. The number of nitrogens with zero attached hydrogens (tertiary/aromatic N) is 2. The molecular formula is C14H26N4O3. The van der Waals surface area contributed by atoms with Crippen molar-refractivity contribution in [3.63, 3.8) is 0 Å². The van der Waals surface area contributed by atoms with Gasteiger partial charge in [-0.25, -0.2) is 0 Å². The van der Waals surface area contributed by atoms with E-state index in [0.717, 1.165) is 0 Å². The lowest BCUT2D eigenvalue weighted by Gasteiger charge is -2.33. The molecule has 1 aliphatic rings. The summed E-state index contributed by atoms with van der Waals surface area (Å²) in [7, 11) is 1.59. The molecule has 1 atom stereocenters. The van der Waals surface area contributed by atoms with Crippen LogP contribution in [0, 0.1) is 10.8 Å². The fraction of sp³-hybridized carbons (Fsp3) is 0.786. The quantitative estimate of drug-likeness (QED) is 0.298. The highest BCUT2D eigenvalue weighted by molar-refractivity contribution is 6.07. The van der Waals surface area contributed by atoms with Crippen LogP contribution in [0.5, 0.6) is 0 Å². The van der Waals surface area contributed by atoms with Crippen LogP contribution >= 0.6 is 0 Å². The summed E-state index contributed by atoms with van der Waals surface area (Å²) in [5, 5.41) is 14.7. The molecule has 0 aromatic rings. The third-order valence-corrected chi connectivity index (χ3v) is 4.75. The van der Waals surface area contributed by atoms with E-state index in [0.29, 0.717) is 32.4 Å². The van der Waals surface area contributed by atoms with Crippen molar-refractivity contribution in [1.29, 1.82) is 0 Å². The maximum Gasteiger partial charge on any atom is 0.236 e. The number of carbonyl (C=O) groups excluding carboxylic acids is 2. The van der Waals surface area contributed by atoms with Gasteiger partial charge < -0.3 is 21.2 Å². The molecule has 1 aliphatic heterocycles. The molecule has 1 saturated heterocycles. The first-order valence-electron chi connectivity index (χ1n) is 7.31. The summed E-state index contributed by atoms with van der Waals surface area (Å²) in [6.45, 7) is 6.39. The summed E-state index contributed by atoms with van der Waals surface area (Å²) >= 11 is 0. The lowest BCUT2D eigenvalue weighted by molar-refractivity contribution is -0.138. The second-order valence-corrected chi connectivity index (χ2v) is 5.89. The molecule has 0 radical (unpaired) electrons. The van der Waals surface area contributed by atoms with Crippen molar-refractivity contribution in [3.05, 3.63) is 0 Å². The zero-order valence-corrected chi connectivity index (χ0v) is 13.3. The number of likely N-dealkylation sites (tertiary alicyclic amines) is 1. The maximum absolute atomic E-state index is 12.9. The van der Waals surface area contributed by atoms with Gasteiger partial charge in [-0.1, -0.05) is 19.0 Å². The molecule has 1 heterocycles. The van der Waals surface area contributed by atoms with Crippen LogP contribution in [-0.2, 0) is 9.59 Å². The first kappa shape index (κ1) is 17.3. The van der Waals surface area contributed by atoms with Crippen molar-refractivity contribution in [2.75, 3.05) is 20.1 Å². The van der Waals surface area contributed by atoms with Gasteiger partial charge in [0.05, 0.1) is 5.41 Å². The Morgan fingerprint density at radius 2 is 2.00 bits per heavy atom. The van der Waals surface area contributed by atoms with E-state index < -0.39 is 10.8 Å². The molecule has 0 aromatic carbocycles. The molecule has 0 spiro atoms. The van der Waals surface area contributed by atoms with Gasteiger partial charge in [0.25, 0.3) is 0 Å². The Kier molecular flexibility index (Phi) is 5.20. The highest BCUT2D eigenvalue weighted by atomic mass is 16.4. The predicted molar refractivity (Wildman–Crippen MR) is 79.8 cm³/mol. The van der Waals surface area contributed by atoms with Crippen LogP contribution in [0.3, 0.4) is 0 Å². The topological polar surface area (TPSA) is 108 Å². The van der Waals surface area contributed by atoms with Crippen molar-refractivity contribution < 1.29 is 14.8 Å². The van der Waals surface area contributed by atoms with Gasteiger partial charge in [-0.05, 0) is 26.2 Å². The molecule has 0 saturated carbocycles. The third kappa shape index (κ3) is 2.82. The Labute approximate surface area is 125 Å². The van der Waals surface area contributed by atoms with E-state index in [1.54, 1.807) is 11.9 Å². The van der Waals surface area contributed by atoms with E-state index in [1.807, 2.05) is 20.8 Å². The Morgan fingerprint density at radius 1 is 1.43 bits per heavy atom. The minimum absolute atomic E-state index is 0.0638. The lowest BCUT2D eigenvalue weighted by Crippen LogP contribution is -2.51. The Morgan fingerprint density at radius 3 is 2.43 bits per heavy atom. The van der Waals surface area contributed by atoms with E-state index in [1.165, 1.54) is 0 Å². The SMILES string of the molecule is CCC(CC)(C(=O)N1CCC(C)(C(=O)NC)C1)C(N)=NO. The number of oxime groups is 1. The zero-order valence-electron chi connectivity index (χ0n) is 13.3. The molecule has 21 heavy (non-hydrogen) atoms. The number of nitrogens with one attached hydrogen (secondary N) is 1. The normalized spacial score (nSPS) is 23.2. The smallest absolute Gasteiger partial charge is 0.236 e. The molecule has 1 unspecified atom stereocenters. The Hall–Kier alpha value is -1.79. The molecule has 2 amide bonds. The molecule has 1 fully saturated rings. The van der Waals surface area contributed by atoms with Crippen LogP contribution in [0.25, 0.3) is 0 Å². The average molecular weight is 298 g/mol. The van der Waals surface area contributed by atoms with Gasteiger partial charge in [-0.15, -0.1) is 0 Å². The number of hydrogen-bond donors (Lipinski definition) is 3. The number of hydrogen-bond acceptors (Lipinski definition) is 4. The lowest BCUT2D eigenvalue weighted by atomic mass is 9.79. The second-order valence-electron chi connectivity index (χ2n) is 5.89. The molecule has 7 nitrogen and oxygen atoms in total. The fourth-order valence-corrected chi connectivity index (χ4v) is 3.04. The second kappa shape index (κ2) is 6.32. The summed E-state index contributed by atoms with van der Waals surface area (Å²) in [4.78, 5) is 26.4. The molecule has 1 rings (SSSR count). The minimum Gasteiger partial charge on any atom is -0.409 e. The highest BCUT2D eigenvalue weighted by Gasteiger charge is 2.48. The average Bonchev–Trinajstić information content (AvgIpc) is 2.91. The van der Waals surface area contributed by atoms with Crippen LogP contribution in [0.2, 0.25) is 0 Å². The van der Waals surface area contributed by atoms with E-state index in [4.69, 9.17) is 10.9 Å². The van der Waals surface area contributed by atoms with Crippen molar-refractivity contribution in [2.45, 2.75) is 40.0 Å². The number of carbonyl (C=O) groups is 2. The largest absolute Gasteiger partial charge is 0.409 e. The summed E-state index contributed by atoms with van der Waals surface area (Å²) in [6.07, 6.45) is 1.51. The van der Waals surface area contributed by atoms with Crippen LogP contribution in [-0.4, -0.2) is 47.9 Å². The van der Waals surface area contributed by atoms with Crippen molar-refractivity contribution in [2.24, 2.45) is 21.7 Å². The molecular weight excluding hydrogens is 272 g/mol. The monoisotopic (exact) mass is 298 g/mol. The summed E-state index contributed by atoms with van der Waals surface area (Å²) < 4.78 is 0.